The lowest BCUT2D eigenvalue weighted by atomic mass is 10.2. The predicted octanol–water partition coefficient (Wildman–Crippen LogP) is 2.84. The molecule has 3 rings (SSSR count). The monoisotopic (exact) mass is 446 g/mol. The van der Waals surface area contributed by atoms with Gasteiger partial charge in [0.1, 0.15) is 4.90 Å². The molecule has 0 aromatic heterocycles. The fraction of sp³-hybridized carbons (Fsp3) is 0.381. The fourth-order valence-corrected chi connectivity index (χ4v) is 5.20. The zero-order chi connectivity index (χ0) is 22.4. The third kappa shape index (κ3) is 5.59. The van der Waals surface area contributed by atoms with E-state index in [1.54, 1.807) is 11.9 Å². The van der Waals surface area contributed by atoms with Crippen molar-refractivity contribution >= 4 is 27.3 Å². The second-order valence-corrected chi connectivity index (χ2v) is 9.37. The lowest BCUT2D eigenvalue weighted by molar-refractivity contribution is -0.385. The molecule has 10 heteroatoms. The van der Waals surface area contributed by atoms with Crippen molar-refractivity contribution < 1.29 is 18.1 Å². The first kappa shape index (κ1) is 22.7. The highest BCUT2D eigenvalue weighted by atomic mass is 32.2. The molecule has 1 N–H and O–H groups in total. The van der Waals surface area contributed by atoms with Crippen LogP contribution in [0.25, 0.3) is 0 Å². The van der Waals surface area contributed by atoms with Gasteiger partial charge in [-0.1, -0.05) is 30.3 Å². The van der Waals surface area contributed by atoms with Gasteiger partial charge in [-0.3, -0.25) is 14.9 Å². The standard InChI is InChI=1S/C21H26N4O5S/c1-23(16-17-7-3-2-4-8-17)21(26)11-12-22-19-10-9-18(25(27)28)15-20(19)31(29,30)24-13-5-6-14-24/h2-4,7-10,15,22H,5-6,11-14,16H2,1H3. The van der Waals surface area contributed by atoms with Crippen LogP contribution in [0.15, 0.2) is 53.4 Å². The first-order valence-electron chi connectivity index (χ1n) is 10.1. The van der Waals surface area contributed by atoms with E-state index in [0.717, 1.165) is 24.5 Å². The number of nitrogens with one attached hydrogen (secondary N) is 1. The van der Waals surface area contributed by atoms with Crippen molar-refractivity contribution in [2.45, 2.75) is 30.7 Å². The molecule has 1 fully saturated rings. The summed E-state index contributed by atoms with van der Waals surface area (Å²) in [5.74, 6) is -0.0952. The summed E-state index contributed by atoms with van der Waals surface area (Å²) in [5, 5.41) is 14.2. The maximum absolute atomic E-state index is 13.0. The van der Waals surface area contributed by atoms with Crippen molar-refractivity contribution in [3.8, 4) is 0 Å². The van der Waals surface area contributed by atoms with Crippen molar-refractivity contribution in [1.29, 1.82) is 0 Å². The summed E-state index contributed by atoms with van der Waals surface area (Å²) < 4.78 is 27.4. The van der Waals surface area contributed by atoms with E-state index in [1.165, 1.54) is 16.4 Å². The normalized spacial score (nSPS) is 14.4. The highest BCUT2D eigenvalue weighted by molar-refractivity contribution is 7.89. The second-order valence-electron chi connectivity index (χ2n) is 7.46. The zero-order valence-electron chi connectivity index (χ0n) is 17.4. The summed E-state index contributed by atoms with van der Waals surface area (Å²) in [6.07, 6.45) is 1.68. The molecule has 1 heterocycles. The molecule has 1 aliphatic heterocycles. The maximum atomic E-state index is 13.0. The second kappa shape index (κ2) is 9.88. The van der Waals surface area contributed by atoms with E-state index in [2.05, 4.69) is 5.32 Å². The molecule has 2 aromatic carbocycles. The molecule has 1 amide bonds. The van der Waals surface area contributed by atoms with Crippen molar-refractivity contribution in [3.63, 3.8) is 0 Å². The van der Waals surface area contributed by atoms with Gasteiger partial charge in [0.15, 0.2) is 0 Å². The highest BCUT2D eigenvalue weighted by Crippen LogP contribution is 2.30. The summed E-state index contributed by atoms with van der Waals surface area (Å²) in [5.41, 5.74) is 0.985. The Bertz CT molecular complexity index is 1040. The van der Waals surface area contributed by atoms with Crippen molar-refractivity contribution in [3.05, 3.63) is 64.2 Å². The molecule has 0 bridgehead atoms. The number of amides is 1. The smallest absolute Gasteiger partial charge is 0.270 e. The van der Waals surface area contributed by atoms with Crippen molar-refractivity contribution in [2.75, 3.05) is 32.0 Å². The van der Waals surface area contributed by atoms with Crippen LogP contribution in [0.1, 0.15) is 24.8 Å². The summed E-state index contributed by atoms with van der Waals surface area (Å²) in [4.78, 5) is 24.5. The number of nitrogens with zero attached hydrogens (tertiary/aromatic N) is 3. The highest BCUT2D eigenvalue weighted by Gasteiger charge is 2.31. The topological polar surface area (TPSA) is 113 Å². The molecular formula is C21H26N4O5S. The summed E-state index contributed by atoms with van der Waals surface area (Å²) in [6, 6.07) is 13.3. The first-order chi connectivity index (χ1) is 14.8. The van der Waals surface area contributed by atoms with E-state index >= 15 is 0 Å². The lowest BCUT2D eigenvalue weighted by Crippen LogP contribution is -2.29. The van der Waals surface area contributed by atoms with Crippen LogP contribution >= 0.6 is 0 Å². The molecule has 0 atom stereocenters. The van der Waals surface area contributed by atoms with Crippen LogP contribution < -0.4 is 5.32 Å². The maximum Gasteiger partial charge on any atom is 0.270 e. The predicted molar refractivity (Wildman–Crippen MR) is 117 cm³/mol. The molecule has 9 nitrogen and oxygen atoms in total. The van der Waals surface area contributed by atoms with E-state index in [4.69, 9.17) is 0 Å². The summed E-state index contributed by atoms with van der Waals surface area (Å²) >= 11 is 0. The Morgan fingerprint density at radius 1 is 1.16 bits per heavy atom. The van der Waals surface area contributed by atoms with Crippen LogP contribution in [-0.4, -0.2) is 55.1 Å². The summed E-state index contributed by atoms with van der Waals surface area (Å²) in [7, 11) is -2.15. The molecule has 0 aliphatic carbocycles. The van der Waals surface area contributed by atoms with E-state index in [0.29, 0.717) is 19.6 Å². The van der Waals surface area contributed by atoms with Gasteiger partial charge in [0, 0.05) is 51.8 Å². The quantitative estimate of drug-likeness (QED) is 0.468. The molecule has 0 spiro atoms. The number of anilines is 1. The third-order valence-electron chi connectivity index (χ3n) is 5.20. The van der Waals surface area contributed by atoms with Gasteiger partial charge in [-0.2, -0.15) is 4.31 Å². The number of carbonyl (C=O) groups is 1. The molecule has 1 saturated heterocycles. The van der Waals surface area contributed by atoms with Crippen LogP contribution in [0.2, 0.25) is 0 Å². The Balaban J connectivity index is 1.69. The Hall–Kier alpha value is -2.98. The number of non-ortho nitro benzene ring substituents is 1. The number of nitro benzene ring substituents is 1. The number of nitro groups is 1. The molecular weight excluding hydrogens is 420 g/mol. The minimum Gasteiger partial charge on any atom is -0.383 e. The first-order valence-corrected chi connectivity index (χ1v) is 11.5. The lowest BCUT2D eigenvalue weighted by Gasteiger charge is -2.20. The van der Waals surface area contributed by atoms with Gasteiger partial charge in [0.2, 0.25) is 15.9 Å². The van der Waals surface area contributed by atoms with E-state index in [9.17, 15) is 23.3 Å². The van der Waals surface area contributed by atoms with Crippen LogP contribution in [0.5, 0.6) is 0 Å². The van der Waals surface area contributed by atoms with Crippen LogP contribution in [0.4, 0.5) is 11.4 Å². The number of hydrogen-bond acceptors (Lipinski definition) is 6. The molecule has 1 aliphatic rings. The Morgan fingerprint density at radius 3 is 2.48 bits per heavy atom. The minimum atomic E-state index is -3.86. The molecule has 0 saturated carbocycles. The van der Waals surface area contributed by atoms with E-state index in [-0.39, 0.29) is 35.1 Å². The molecule has 166 valence electrons. The molecule has 2 aromatic rings. The Labute approximate surface area is 181 Å². The van der Waals surface area contributed by atoms with E-state index < -0.39 is 14.9 Å². The SMILES string of the molecule is CN(Cc1ccccc1)C(=O)CCNc1ccc([N+](=O)[O-])cc1S(=O)(=O)N1CCCC1. The number of sulfonamides is 1. The molecule has 0 unspecified atom stereocenters. The van der Waals surface area contributed by atoms with Crippen LogP contribution in [-0.2, 0) is 21.4 Å². The number of carbonyl (C=O) groups excluding carboxylic acids is 1. The van der Waals surface area contributed by atoms with Crippen LogP contribution in [0, 0.1) is 10.1 Å². The average molecular weight is 447 g/mol. The van der Waals surface area contributed by atoms with Gasteiger partial charge in [-0.05, 0) is 24.5 Å². The minimum absolute atomic E-state index is 0.0952. The molecule has 0 radical (unpaired) electrons. The van der Waals surface area contributed by atoms with Gasteiger partial charge in [0.05, 0.1) is 10.6 Å². The number of benzene rings is 2. The number of hydrogen-bond donors (Lipinski definition) is 1. The van der Waals surface area contributed by atoms with Gasteiger partial charge in [0.25, 0.3) is 5.69 Å². The largest absolute Gasteiger partial charge is 0.383 e. The van der Waals surface area contributed by atoms with Crippen molar-refractivity contribution in [1.82, 2.24) is 9.21 Å². The zero-order valence-corrected chi connectivity index (χ0v) is 18.2. The van der Waals surface area contributed by atoms with Gasteiger partial charge < -0.3 is 10.2 Å². The molecule has 31 heavy (non-hydrogen) atoms. The fourth-order valence-electron chi connectivity index (χ4n) is 3.49. The number of rotatable bonds is 9. The van der Waals surface area contributed by atoms with Crippen LogP contribution in [0.3, 0.4) is 0 Å². The Morgan fingerprint density at radius 2 is 1.84 bits per heavy atom. The van der Waals surface area contributed by atoms with E-state index in [1.807, 2.05) is 30.3 Å². The summed E-state index contributed by atoms with van der Waals surface area (Å²) in [6.45, 7) is 1.48. The van der Waals surface area contributed by atoms with Crippen molar-refractivity contribution in [2.24, 2.45) is 0 Å². The average Bonchev–Trinajstić information content (AvgIpc) is 3.30. The van der Waals surface area contributed by atoms with Gasteiger partial charge in [-0.15, -0.1) is 0 Å². The third-order valence-corrected chi connectivity index (χ3v) is 7.14. The Kier molecular flexibility index (Phi) is 7.24. The van der Waals surface area contributed by atoms with Gasteiger partial charge >= 0.3 is 0 Å². The van der Waals surface area contributed by atoms with Gasteiger partial charge in [-0.25, -0.2) is 8.42 Å².